The van der Waals surface area contributed by atoms with E-state index < -0.39 is 24.5 Å². The van der Waals surface area contributed by atoms with Crippen LogP contribution in [0.15, 0.2) is 48.5 Å². The minimum Gasteiger partial charge on any atom is -0.465 e. The van der Waals surface area contributed by atoms with Crippen LogP contribution in [0.3, 0.4) is 0 Å². The fraction of sp³-hybridized carbons (Fsp3) is 0.182. The molecule has 1 aromatic heterocycles. The predicted octanol–water partition coefficient (Wildman–Crippen LogP) is 3.21. The molecule has 0 radical (unpaired) electrons. The number of aryl methyl sites for hydroxylation is 1. The largest absolute Gasteiger partial charge is 0.465 e. The van der Waals surface area contributed by atoms with E-state index in [0.29, 0.717) is 17.1 Å². The van der Waals surface area contributed by atoms with Gasteiger partial charge < -0.3 is 14.8 Å². The number of benzene rings is 2. The monoisotopic (exact) mass is 425 g/mol. The summed E-state index contributed by atoms with van der Waals surface area (Å²) in [6.07, 6.45) is 0. The third-order valence-electron chi connectivity index (χ3n) is 4.51. The minimum absolute atomic E-state index is 0.178. The number of aromatic nitrogens is 2. The van der Waals surface area contributed by atoms with Gasteiger partial charge in [0.1, 0.15) is 11.4 Å². The van der Waals surface area contributed by atoms with Gasteiger partial charge in [0.05, 0.1) is 35.4 Å². The van der Waals surface area contributed by atoms with Gasteiger partial charge in [-0.2, -0.15) is 5.10 Å². The SMILES string of the molecule is COC(=O)c1ccccc1NC(=O)COC(=O)c1c(C)nn(-c2ccc(F)cc2)c1C. The van der Waals surface area contributed by atoms with Crippen molar-refractivity contribution in [2.75, 3.05) is 19.0 Å². The van der Waals surface area contributed by atoms with Crippen molar-refractivity contribution in [3.05, 3.63) is 76.9 Å². The highest BCUT2D eigenvalue weighted by Gasteiger charge is 2.22. The summed E-state index contributed by atoms with van der Waals surface area (Å²) >= 11 is 0. The Bertz CT molecular complexity index is 1140. The van der Waals surface area contributed by atoms with E-state index in [9.17, 15) is 18.8 Å². The first kappa shape index (κ1) is 21.7. The maximum atomic E-state index is 13.2. The Morgan fingerprint density at radius 3 is 2.39 bits per heavy atom. The second-order valence-corrected chi connectivity index (χ2v) is 6.60. The summed E-state index contributed by atoms with van der Waals surface area (Å²) in [7, 11) is 1.24. The number of hydrogen-bond acceptors (Lipinski definition) is 6. The number of halogens is 1. The van der Waals surface area contributed by atoms with Crippen molar-refractivity contribution in [1.82, 2.24) is 9.78 Å². The molecule has 31 heavy (non-hydrogen) atoms. The normalized spacial score (nSPS) is 10.5. The van der Waals surface area contributed by atoms with Crippen LogP contribution >= 0.6 is 0 Å². The van der Waals surface area contributed by atoms with Crippen LogP contribution in [0.5, 0.6) is 0 Å². The van der Waals surface area contributed by atoms with Crippen LogP contribution in [-0.2, 0) is 14.3 Å². The topological polar surface area (TPSA) is 99.5 Å². The Morgan fingerprint density at radius 1 is 1.03 bits per heavy atom. The van der Waals surface area contributed by atoms with E-state index in [-0.39, 0.29) is 22.6 Å². The first-order valence-electron chi connectivity index (χ1n) is 9.28. The molecular weight excluding hydrogens is 405 g/mol. The number of nitrogens with zero attached hydrogens (tertiary/aromatic N) is 2. The highest BCUT2D eigenvalue weighted by atomic mass is 19.1. The number of anilines is 1. The lowest BCUT2D eigenvalue weighted by Gasteiger charge is -2.10. The molecule has 2 aromatic carbocycles. The zero-order chi connectivity index (χ0) is 22.5. The molecule has 0 spiro atoms. The third-order valence-corrected chi connectivity index (χ3v) is 4.51. The number of ether oxygens (including phenoxy) is 2. The number of amides is 1. The number of carbonyl (C=O) groups is 3. The van der Waals surface area contributed by atoms with Crippen molar-refractivity contribution in [2.45, 2.75) is 13.8 Å². The molecule has 0 fully saturated rings. The lowest BCUT2D eigenvalue weighted by Crippen LogP contribution is -2.22. The van der Waals surface area contributed by atoms with Gasteiger partial charge in [-0.1, -0.05) is 12.1 Å². The van der Waals surface area contributed by atoms with Gasteiger partial charge in [0, 0.05) is 0 Å². The van der Waals surface area contributed by atoms with Gasteiger partial charge in [-0.3, -0.25) is 4.79 Å². The molecule has 8 nitrogen and oxygen atoms in total. The molecule has 160 valence electrons. The number of rotatable bonds is 6. The highest BCUT2D eigenvalue weighted by molar-refractivity contribution is 6.02. The number of hydrogen-bond donors (Lipinski definition) is 1. The molecule has 0 saturated heterocycles. The molecular formula is C22H20FN3O5. The number of esters is 2. The second kappa shape index (κ2) is 9.21. The van der Waals surface area contributed by atoms with Crippen LogP contribution in [0.4, 0.5) is 10.1 Å². The lowest BCUT2D eigenvalue weighted by molar-refractivity contribution is -0.119. The van der Waals surface area contributed by atoms with Crippen LogP contribution in [0, 0.1) is 19.7 Å². The van der Waals surface area contributed by atoms with Crippen molar-refractivity contribution in [3.8, 4) is 5.69 Å². The van der Waals surface area contributed by atoms with Crippen LogP contribution in [-0.4, -0.2) is 41.3 Å². The molecule has 0 bridgehead atoms. The first-order chi connectivity index (χ1) is 14.8. The molecule has 0 unspecified atom stereocenters. The van der Waals surface area contributed by atoms with Crippen molar-refractivity contribution < 1.29 is 28.2 Å². The molecule has 0 atom stereocenters. The highest BCUT2D eigenvalue weighted by Crippen LogP contribution is 2.20. The number of methoxy groups -OCH3 is 1. The molecule has 3 rings (SSSR count). The second-order valence-electron chi connectivity index (χ2n) is 6.60. The van der Waals surface area contributed by atoms with Gasteiger partial charge in [-0.05, 0) is 50.2 Å². The Balaban J connectivity index is 1.70. The van der Waals surface area contributed by atoms with E-state index >= 15 is 0 Å². The van der Waals surface area contributed by atoms with Crippen molar-refractivity contribution >= 4 is 23.5 Å². The quantitative estimate of drug-likeness (QED) is 0.609. The molecule has 0 aliphatic rings. The van der Waals surface area contributed by atoms with Crippen molar-refractivity contribution in [3.63, 3.8) is 0 Å². The maximum Gasteiger partial charge on any atom is 0.342 e. The molecule has 1 amide bonds. The zero-order valence-electron chi connectivity index (χ0n) is 17.1. The lowest BCUT2D eigenvalue weighted by atomic mass is 10.2. The average molecular weight is 425 g/mol. The van der Waals surface area contributed by atoms with E-state index in [4.69, 9.17) is 4.74 Å². The summed E-state index contributed by atoms with van der Waals surface area (Å²) in [6, 6.07) is 12.0. The van der Waals surface area contributed by atoms with Gasteiger partial charge in [0.25, 0.3) is 5.91 Å². The van der Waals surface area contributed by atoms with E-state index in [0.717, 1.165) is 0 Å². The van der Waals surface area contributed by atoms with Crippen LogP contribution < -0.4 is 5.32 Å². The fourth-order valence-electron chi connectivity index (χ4n) is 3.04. The Hall–Kier alpha value is -4.01. The van der Waals surface area contributed by atoms with Crippen LogP contribution in [0.25, 0.3) is 5.69 Å². The van der Waals surface area contributed by atoms with Gasteiger partial charge in [0.2, 0.25) is 0 Å². The molecule has 3 aromatic rings. The van der Waals surface area contributed by atoms with Crippen molar-refractivity contribution in [2.24, 2.45) is 0 Å². The van der Waals surface area contributed by atoms with Gasteiger partial charge in [-0.15, -0.1) is 0 Å². The Kier molecular flexibility index (Phi) is 6.44. The van der Waals surface area contributed by atoms with E-state index in [1.165, 1.54) is 48.2 Å². The van der Waals surface area contributed by atoms with Crippen LogP contribution in [0.2, 0.25) is 0 Å². The molecule has 1 N–H and O–H groups in total. The standard InChI is InChI=1S/C22H20FN3O5/c1-13-20(14(2)26(25-13)16-10-8-15(23)9-11-16)22(29)31-12-19(27)24-18-7-5-4-6-17(18)21(28)30-3/h4-11H,12H2,1-3H3,(H,24,27). The van der Waals surface area contributed by atoms with Gasteiger partial charge in [0.15, 0.2) is 6.61 Å². The average Bonchev–Trinajstić information content (AvgIpc) is 3.06. The van der Waals surface area contributed by atoms with E-state index in [2.05, 4.69) is 15.2 Å². The zero-order valence-corrected chi connectivity index (χ0v) is 17.1. The van der Waals surface area contributed by atoms with Gasteiger partial charge in [-0.25, -0.2) is 18.7 Å². The molecule has 0 saturated carbocycles. The van der Waals surface area contributed by atoms with Crippen molar-refractivity contribution in [1.29, 1.82) is 0 Å². The summed E-state index contributed by atoms with van der Waals surface area (Å²) in [5.74, 6) is -2.33. The van der Waals surface area contributed by atoms with E-state index in [1.807, 2.05) is 0 Å². The third kappa shape index (κ3) is 4.77. The smallest absolute Gasteiger partial charge is 0.342 e. The summed E-state index contributed by atoms with van der Waals surface area (Å²) in [5, 5.41) is 6.83. The predicted molar refractivity (Wildman–Crippen MR) is 110 cm³/mol. The number of para-hydroxylation sites is 1. The van der Waals surface area contributed by atoms with Crippen LogP contribution in [0.1, 0.15) is 32.1 Å². The summed E-state index contributed by atoms with van der Waals surface area (Å²) in [5.41, 5.74) is 2.11. The number of carbonyl (C=O) groups excluding carboxylic acids is 3. The Morgan fingerprint density at radius 2 is 1.71 bits per heavy atom. The molecule has 1 heterocycles. The van der Waals surface area contributed by atoms with Gasteiger partial charge >= 0.3 is 11.9 Å². The molecule has 9 heteroatoms. The summed E-state index contributed by atoms with van der Waals surface area (Å²) in [6.45, 7) is 2.75. The summed E-state index contributed by atoms with van der Waals surface area (Å²) in [4.78, 5) is 36.6. The first-order valence-corrected chi connectivity index (χ1v) is 9.28. The fourth-order valence-corrected chi connectivity index (χ4v) is 3.04. The van der Waals surface area contributed by atoms with E-state index in [1.54, 1.807) is 26.0 Å². The Labute approximate surface area is 177 Å². The summed E-state index contributed by atoms with van der Waals surface area (Å²) < 4.78 is 24.5. The molecule has 0 aliphatic heterocycles. The molecule has 0 aliphatic carbocycles. The maximum absolute atomic E-state index is 13.2. The number of nitrogens with one attached hydrogen (secondary N) is 1. The minimum atomic E-state index is -0.722.